The van der Waals surface area contributed by atoms with Crippen LogP contribution in [0.4, 0.5) is 4.79 Å². The molecule has 3 rings (SSSR count). The van der Waals surface area contributed by atoms with Gasteiger partial charge >= 0.3 is 12.0 Å². The van der Waals surface area contributed by atoms with E-state index in [0.29, 0.717) is 25.4 Å². The van der Waals surface area contributed by atoms with Gasteiger partial charge in [-0.05, 0) is 17.9 Å². The molecule has 0 aromatic heterocycles. The summed E-state index contributed by atoms with van der Waals surface area (Å²) in [5.41, 5.74) is 1.23. The molecule has 0 radical (unpaired) electrons. The Hall–Kier alpha value is -2.45. The minimum Gasteiger partial charge on any atom is -0.479 e. The number of carboxylic acid groups (broad SMARTS) is 1. The van der Waals surface area contributed by atoms with E-state index in [9.17, 15) is 14.4 Å². The van der Waals surface area contributed by atoms with Gasteiger partial charge in [0.1, 0.15) is 0 Å². The topological polar surface area (TPSA) is 93.7 Å². The van der Waals surface area contributed by atoms with Crippen molar-refractivity contribution in [1.29, 1.82) is 0 Å². The molecule has 0 spiro atoms. The van der Waals surface area contributed by atoms with Crippen molar-refractivity contribution in [3.63, 3.8) is 0 Å². The van der Waals surface area contributed by atoms with Crippen LogP contribution in [-0.4, -0.2) is 82.6 Å². The fraction of sp³-hybridized carbons (Fsp3) is 0.571. The maximum atomic E-state index is 13.0. The summed E-state index contributed by atoms with van der Waals surface area (Å²) in [6.07, 6.45) is -1.53. The van der Waals surface area contributed by atoms with Gasteiger partial charge in [-0.25, -0.2) is 9.59 Å². The van der Waals surface area contributed by atoms with Gasteiger partial charge in [0.25, 0.3) is 5.91 Å². The fourth-order valence-corrected chi connectivity index (χ4v) is 3.44. The Bertz CT molecular complexity index is 731. The van der Waals surface area contributed by atoms with Crippen molar-refractivity contribution in [3.8, 4) is 0 Å². The molecule has 2 heterocycles. The van der Waals surface area contributed by atoms with Gasteiger partial charge in [-0.3, -0.25) is 14.6 Å². The number of imide groups is 1. The second kappa shape index (κ2) is 9.37. The lowest BCUT2D eigenvalue weighted by Crippen LogP contribution is -2.55. The highest BCUT2D eigenvalue weighted by Crippen LogP contribution is 2.25. The Morgan fingerprint density at radius 2 is 1.76 bits per heavy atom. The van der Waals surface area contributed by atoms with E-state index in [0.717, 1.165) is 19.6 Å². The van der Waals surface area contributed by atoms with Gasteiger partial charge in [0.15, 0.2) is 12.2 Å². The van der Waals surface area contributed by atoms with Crippen LogP contribution < -0.4 is 0 Å². The van der Waals surface area contributed by atoms with Crippen LogP contribution in [-0.2, 0) is 20.9 Å². The summed E-state index contributed by atoms with van der Waals surface area (Å²) < 4.78 is 4.98. The number of aliphatic carboxylic acids is 1. The number of hydrogen-bond donors (Lipinski definition) is 1. The highest BCUT2D eigenvalue weighted by Gasteiger charge is 2.53. The minimum atomic E-state index is -1.17. The van der Waals surface area contributed by atoms with Gasteiger partial charge in [0.2, 0.25) is 0 Å². The van der Waals surface area contributed by atoms with Crippen LogP contribution in [0.1, 0.15) is 25.8 Å². The fourth-order valence-electron chi connectivity index (χ4n) is 3.44. The number of epoxide rings is 1. The number of hydrogen-bond acceptors (Lipinski definition) is 5. The number of carbonyl (C=O) groups excluding carboxylic acids is 2. The first-order chi connectivity index (χ1) is 13.9. The molecular weight excluding hydrogens is 374 g/mol. The summed E-state index contributed by atoms with van der Waals surface area (Å²) in [6.45, 7) is 7.65. The van der Waals surface area contributed by atoms with Crippen LogP contribution in [0.2, 0.25) is 0 Å². The van der Waals surface area contributed by atoms with Gasteiger partial charge in [0.05, 0.1) is 0 Å². The number of rotatable bonds is 7. The van der Waals surface area contributed by atoms with Crippen molar-refractivity contribution in [2.24, 2.45) is 5.92 Å². The standard InChI is InChI=1S/C21H29N3O5/c1-15(2)8-9-24(19(25)17-18(29-17)20(26)27)21(28)23-12-10-22(11-13-23)14-16-6-4-3-5-7-16/h3-7,15,17-18H,8-14H2,1-2H3,(H,26,27). The summed E-state index contributed by atoms with van der Waals surface area (Å²) >= 11 is 0. The maximum Gasteiger partial charge on any atom is 0.336 e. The highest BCUT2D eigenvalue weighted by atomic mass is 16.6. The third-order valence-electron chi connectivity index (χ3n) is 5.30. The van der Waals surface area contributed by atoms with Crippen LogP contribution in [0.5, 0.6) is 0 Å². The summed E-state index contributed by atoms with van der Waals surface area (Å²) in [6, 6.07) is 9.82. The molecule has 2 saturated heterocycles. The Kier molecular flexibility index (Phi) is 6.87. The molecule has 0 aliphatic carbocycles. The van der Waals surface area contributed by atoms with Crippen LogP contribution >= 0.6 is 0 Å². The third-order valence-corrected chi connectivity index (χ3v) is 5.30. The maximum absolute atomic E-state index is 13.0. The van der Waals surface area contributed by atoms with Crippen molar-refractivity contribution in [3.05, 3.63) is 35.9 Å². The number of carbonyl (C=O) groups is 3. The number of ether oxygens (including phenoxy) is 1. The Morgan fingerprint density at radius 1 is 1.10 bits per heavy atom. The number of benzene rings is 1. The third kappa shape index (κ3) is 5.55. The number of carboxylic acids is 1. The minimum absolute atomic E-state index is 0.270. The molecular formula is C21H29N3O5. The number of piperazine rings is 1. The molecule has 2 unspecified atom stereocenters. The monoisotopic (exact) mass is 403 g/mol. The molecule has 3 amide bonds. The van der Waals surface area contributed by atoms with E-state index < -0.39 is 24.1 Å². The van der Waals surface area contributed by atoms with Crippen LogP contribution in [0.3, 0.4) is 0 Å². The zero-order chi connectivity index (χ0) is 21.0. The number of nitrogens with zero attached hydrogens (tertiary/aromatic N) is 3. The molecule has 1 N–H and O–H groups in total. The first-order valence-electron chi connectivity index (χ1n) is 10.1. The van der Waals surface area contributed by atoms with E-state index in [2.05, 4.69) is 17.0 Å². The molecule has 1 aromatic carbocycles. The Morgan fingerprint density at radius 3 is 2.31 bits per heavy atom. The van der Waals surface area contributed by atoms with Crippen molar-refractivity contribution < 1.29 is 24.2 Å². The second-order valence-corrected chi connectivity index (χ2v) is 8.02. The molecule has 0 saturated carbocycles. The van der Waals surface area contributed by atoms with Crippen molar-refractivity contribution >= 4 is 17.9 Å². The molecule has 0 bridgehead atoms. The molecule has 2 fully saturated rings. The SMILES string of the molecule is CC(C)CCN(C(=O)C1OC1C(=O)O)C(=O)N1CCN(Cc2ccccc2)CC1. The zero-order valence-electron chi connectivity index (χ0n) is 17.0. The first kappa shape index (κ1) is 21.3. The van der Waals surface area contributed by atoms with E-state index in [4.69, 9.17) is 9.84 Å². The van der Waals surface area contributed by atoms with Crippen LogP contribution in [0.15, 0.2) is 30.3 Å². The van der Waals surface area contributed by atoms with Gasteiger partial charge < -0.3 is 14.7 Å². The lowest BCUT2D eigenvalue weighted by molar-refractivity contribution is -0.139. The van der Waals surface area contributed by atoms with Gasteiger partial charge in [0, 0.05) is 39.3 Å². The Labute approximate surface area is 171 Å². The average Bonchev–Trinajstić information content (AvgIpc) is 3.50. The van der Waals surface area contributed by atoms with E-state index in [1.54, 1.807) is 4.90 Å². The summed E-state index contributed by atoms with van der Waals surface area (Å²) in [5.74, 6) is -1.40. The quantitative estimate of drug-likeness (QED) is 0.696. The van der Waals surface area contributed by atoms with Crippen LogP contribution in [0, 0.1) is 5.92 Å². The van der Waals surface area contributed by atoms with E-state index in [1.807, 2.05) is 32.0 Å². The lowest BCUT2D eigenvalue weighted by atomic mass is 10.1. The summed E-state index contributed by atoms with van der Waals surface area (Å²) in [7, 11) is 0. The zero-order valence-corrected chi connectivity index (χ0v) is 17.0. The van der Waals surface area contributed by atoms with Crippen molar-refractivity contribution in [2.45, 2.75) is 39.0 Å². The predicted molar refractivity (Wildman–Crippen MR) is 106 cm³/mol. The second-order valence-electron chi connectivity index (χ2n) is 8.02. The normalized spacial score (nSPS) is 21.8. The lowest BCUT2D eigenvalue weighted by Gasteiger charge is -2.37. The Balaban J connectivity index is 1.57. The van der Waals surface area contributed by atoms with E-state index >= 15 is 0 Å². The number of urea groups is 1. The summed E-state index contributed by atoms with van der Waals surface area (Å²) in [5, 5.41) is 9.01. The molecule has 2 aliphatic rings. The molecule has 8 nitrogen and oxygen atoms in total. The van der Waals surface area contributed by atoms with Crippen molar-refractivity contribution in [2.75, 3.05) is 32.7 Å². The first-order valence-corrected chi connectivity index (χ1v) is 10.1. The van der Waals surface area contributed by atoms with Crippen LogP contribution in [0.25, 0.3) is 0 Å². The summed E-state index contributed by atoms with van der Waals surface area (Å²) in [4.78, 5) is 41.9. The average molecular weight is 403 g/mol. The predicted octanol–water partition coefficient (Wildman–Crippen LogP) is 1.65. The largest absolute Gasteiger partial charge is 0.479 e. The van der Waals surface area contributed by atoms with E-state index in [1.165, 1.54) is 10.5 Å². The molecule has 1 aromatic rings. The smallest absolute Gasteiger partial charge is 0.336 e. The molecule has 2 aliphatic heterocycles. The number of amides is 3. The van der Waals surface area contributed by atoms with Gasteiger partial charge in [-0.1, -0.05) is 44.2 Å². The molecule has 29 heavy (non-hydrogen) atoms. The van der Waals surface area contributed by atoms with Gasteiger partial charge in [-0.2, -0.15) is 0 Å². The molecule has 8 heteroatoms. The van der Waals surface area contributed by atoms with Crippen molar-refractivity contribution in [1.82, 2.24) is 14.7 Å². The molecule has 2 atom stereocenters. The van der Waals surface area contributed by atoms with E-state index in [-0.39, 0.29) is 12.6 Å². The highest BCUT2D eigenvalue weighted by molar-refractivity contribution is 6.01. The van der Waals surface area contributed by atoms with Gasteiger partial charge in [-0.15, -0.1) is 0 Å². The molecule has 158 valence electrons.